The number of nitrogens with one attached hydrogen (secondary N) is 1. The summed E-state index contributed by atoms with van der Waals surface area (Å²) >= 11 is 0. The van der Waals surface area contributed by atoms with Crippen molar-refractivity contribution in [1.82, 2.24) is 5.16 Å². The second-order valence-electron chi connectivity index (χ2n) is 9.62. The second-order valence-corrected chi connectivity index (χ2v) is 9.62. The minimum absolute atomic E-state index is 0.0220. The zero-order valence-electron chi connectivity index (χ0n) is 19.0. The number of hydrogen-bond acceptors (Lipinski definition) is 5. The average molecular weight is 438 g/mol. The van der Waals surface area contributed by atoms with E-state index in [9.17, 15) is 4.79 Å². The highest BCUT2D eigenvalue weighted by Crippen LogP contribution is 2.46. The smallest absolute Gasteiger partial charge is 0.196 e. The van der Waals surface area contributed by atoms with Crippen LogP contribution in [0.4, 0.5) is 11.4 Å². The third-order valence-electron chi connectivity index (χ3n) is 6.91. The summed E-state index contributed by atoms with van der Waals surface area (Å²) in [7, 11) is 0. The molecular weight excluding hydrogens is 410 g/mol. The van der Waals surface area contributed by atoms with E-state index in [1.54, 1.807) is 0 Å². The Labute approximate surface area is 193 Å². The fourth-order valence-corrected chi connectivity index (χ4v) is 5.58. The predicted octanol–water partition coefficient (Wildman–Crippen LogP) is 6.13. The molecule has 0 bridgehead atoms. The van der Waals surface area contributed by atoms with Gasteiger partial charge in [0.1, 0.15) is 5.52 Å². The first-order chi connectivity index (χ1) is 16.1. The molecule has 33 heavy (non-hydrogen) atoms. The van der Waals surface area contributed by atoms with Crippen molar-refractivity contribution in [2.45, 2.75) is 26.8 Å². The Kier molecular flexibility index (Phi) is 4.72. The number of benzene rings is 3. The molecule has 1 aliphatic carbocycles. The molecule has 3 aromatic carbocycles. The third-order valence-corrected chi connectivity index (χ3v) is 6.91. The number of ketones is 1. The zero-order valence-corrected chi connectivity index (χ0v) is 19.0. The lowest BCUT2D eigenvalue weighted by atomic mass is 9.85. The molecule has 1 aromatic heterocycles. The molecule has 2 heterocycles. The summed E-state index contributed by atoms with van der Waals surface area (Å²) in [5.74, 6) is 1.92. The van der Waals surface area contributed by atoms with Gasteiger partial charge >= 0.3 is 0 Å². The number of aromatic nitrogens is 1. The van der Waals surface area contributed by atoms with Gasteiger partial charge in [-0.05, 0) is 29.9 Å². The van der Waals surface area contributed by atoms with Crippen LogP contribution in [-0.4, -0.2) is 24.0 Å². The van der Waals surface area contributed by atoms with E-state index in [1.807, 2.05) is 42.5 Å². The first-order valence-corrected chi connectivity index (χ1v) is 11.7. The van der Waals surface area contributed by atoms with E-state index in [2.05, 4.69) is 47.4 Å². The topological polar surface area (TPSA) is 58.4 Å². The van der Waals surface area contributed by atoms with E-state index in [0.717, 1.165) is 40.9 Å². The number of carbonyl (C=O) groups is 1. The molecule has 2 aliphatic rings. The molecule has 6 rings (SSSR count). The fraction of sp³-hybridized carbons (Fsp3) is 0.286. The standard InChI is InChI=1S/C28H27N3O2/c1-17-12-18(2)16-31(15-17)23-13-22(29-14-19-8-4-3-5-9-19)24-25-26(23)30-33-28(25)21-11-7-6-10-20(21)27(24)32/h3-11,13,17-18,29H,12,14-16H2,1-2H3/t17-,18-/m0/s1. The van der Waals surface area contributed by atoms with Gasteiger partial charge in [0.25, 0.3) is 0 Å². The van der Waals surface area contributed by atoms with Crippen molar-refractivity contribution in [3.8, 4) is 11.3 Å². The van der Waals surface area contributed by atoms with Crippen molar-refractivity contribution in [2.75, 3.05) is 23.3 Å². The molecule has 0 amide bonds. The maximum Gasteiger partial charge on any atom is 0.196 e. The molecule has 1 fully saturated rings. The van der Waals surface area contributed by atoms with Crippen LogP contribution in [0.1, 0.15) is 41.8 Å². The number of rotatable bonds is 4. The van der Waals surface area contributed by atoms with Crippen LogP contribution >= 0.6 is 0 Å². The predicted molar refractivity (Wildman–Crippen MR) is 132 cm³/mol. The molecule has 0 saturated carbocycles. The van der Waals surface area contributed by atoms with E-state index >= 15 is 0 Å². The van der Waals surface area contributed by atoms with Gasteiger partial charge in [-0.1, -0.05) is 73.6 Å². The molecule has 1 saturated heterocycles. The number of fused-ring (bicyclic) bond motifs is 2. The maximum atomic E-state index is 13.7. The number of piperidine rings is 1. The molecule has 166 valence electrons. The van der Waals surface area contributed by atoms with E-state index in [1.165, 1.54) is 12.0 Å². The van der Waals surface area contributed by atoms with E-state index < -0.39 is 0 Å². The summed E-state index contributed by atoms with van der Waals surface area (Å²) in [4.78, 5) is 16.1. The fourth-order valence-electron chi connectivity index (χ4n) is 5.58. The Bertz CT molecular complexity index is 1350. The molecule has 2 atom stereocenters. The van der Waals surface area contributed by atoms with Crippen LogP contribution in [-0.2, 0) is 6.54 Å². The Morgan fingerprint density at radius 2 is 1.70 bits per heavy atom. The van der Waals surface area contributed by atoms with Gasteiger partial charge in [-0.25, -0.2) is 0 Å². The van der Waals surface area contributed by atoms with Crippen LogP contribution < -0.4 is 10.2 Å². The summed E-state index contributed by atoms with van der Waals surface area (Å²) in [6, 6.07) is 20.0. The van der Waals surface area contributed by atoms with E-state index in [0.29, 0.717) is 35.3 Å². The molecule has 4 aromatic rings. The van der Waals surface area contributed by atoms with Crippen molar-refractivity contribution in [2.24, 2.45) is 11.8 Å². The number of nitrogens with zero attached hydrogens (tertiary/aromatic N) is 2. The lowest BCUT2D eigenvalue weighted by Crippen LogP contribution is -2.39. The number of carbonyl (C=O) groups excluding carboxylic acids is 1. The molecule has 1 N–H and O–H groups in total. The van der Waals surface area contributed by atoms with Crippen LogP contribution in [0.15, 0.2) is 65.2 Å². The largest absolute Gasteiger partial charge is 0.380 e. The Hall–Kier alpha value is -3.60. The van der Waals surface area contributed by atoms with Gasteiger partial charge in [0.15, 0.2) is 11.5 Å². The summed E-state index contributed by atoms with van der Waals surface area (Å²) in [6.45, 7) is 7.20. The quantitative estimate of drug-likeness (QED) is 0.366. The molecule has 5 heteroatoms. The van der Waals surface area contributed by atoms with Crippen molar-refractivity contribution in [1.29, 1.82) is 0 Å². The van der Waals surface area contributed by atoms with Gasteiger partial charge in [0.2, 0.25) is 0 Å². The molecule has 1 aliphatic heterocycles. The average Bonchev–Trinajstić information content (AvgIpc) is 3.26. The summed E-state index contributed by atoms with van der Waals surface area (Å²) < 4.78 is 5.92. The van der Waals surface area contributed by atoms with Crippen LogP contribution in [0.25, 0.3) is 22.2 Å². The van der Waals surface area contributed by atoms with E-state index in [4.69, 9.17) is 4.52 Å². The number of hydrogen-bond donors (Lipinski definition) is 1. The van der Waals surface area contributed by atoms with Crippen molar-refractivity contribution < 1.29 is 9.32 Å². The monoisotopic (exact) mass is 437 g/mol. The SMILES string of the molecule is C[C@H]1C[C@H](C)CN(c2cc(NCc3ccccc3)c3c4c(onc24)-c2ccccc2C3=O)C1. The Morgan fingerprint density at radius 1 is 1.00 bits per heavy atom. The van der Waals surface area contributed by atoms with Gasteiger partial charge in [0, 0.05) is 36.4 Å². The Morgan fingerprint density at radius 3 is 2.45 bits per heavy atom. The normalized spacial score (nSPS) is 19.6. The zero-order chi connectivity index (χ0) is 22.5. The summed E-state index contributed by atoms with van der Waals surface area (Å²) in [5, 5.41) is 8.91. The molecule has 5 nitrogen and oxygen atoms in total. The molecule has 0 unspecified atom stereocenters. The maximum absolute atomic E-state index is 13.7. The second kappa shape index (κ2) is 7.77. The molecule has 0 spiro atoms. The highest BCUT2D eigenvalue weighted by molar-refractivity contribution is 6.28. The third kappa shape index (κ3) is 3.30. The van der Waals surface area contributed by atoms with Crippen molar-refractivity contribution in [3.63, 3.8) is 0 Å². The van der Waals surface area contributed by atoms with Crippen LogP contribution in [0, 0.1) is 11.8 Å². The number of anilines is 2. The highest BCUT2D eigenvalue weighted by atomic mass is 16.5. The lowest BCUT2D eigenvalue weighted by molar-refractivity contribution is 0.104. The Balaban J connectivity index is 1.54. The molecular formula is C28H27N3O2. The van der Waals surface area contributed by atoms with E-state index in [-0.39, 0.29) is 5.78 Å². The van der Waals surface area contributed by atoms with Crippen molar-refractivity contribution in [3.05, 3.63) is 77.4 Å². The van der Waals surface area contributed by atoms with Gasteiger partial charge in [-0.15, -0.1) is 0 Å². The van der Waals surface area contributed by atoms with Crippen molar-refractivity contribution >= 4 is 28.1 Å². The van der Waals surface area contributed by atoms with Gasteiger partial charge in [-0.3, -0.25) is 4.79 Å². The van der Waals surface area contributed by atoms with Crippen LogP contribution in [0.5, 0.6) is 0 Å². The lowest BCUT2D eigenvalue weighted by Gasteiger charge is -2.37. The van der Waals surface area contributed by atoms with Crippen LogP contribution in [0.2, 0.25) is 0 Å². The summed E-state index contributed by atoms with van der Waals surface area (Å²) in [5.41, 5.74) is 6.00. The highest BCUT2D eigenvalue weighted by Gasteiger charge is 2.34. The first-order valence-electron chi connectivity index (χ1n) is 11.7. The van der Waals surface area contributed by atoms with Crippen LogP contribution in [0.3, 0.4) is 0 Å². The molecule has 0 radical (unpaired) electrons. The van der Waals surface area contributed by atoms with Gasteiger partial charge < -0.3 is 14.7 Å². The minimum atomic E-state index is 0.0220. The van der Waals surface area contributed by atoms with Gasteiger partial charge in [-0.2, -0.15) is 0 Å². The summed E-state index contributed by atoms with van der Waals surface area (Å²) in [6.07, 6.45) is 1.23. The van der Waals surface area contributed by atoms with Gasteiger partial charge in [0.05, 0.1) is 16.6 Å². The first kappa shape index (κ1) is 20.0. The minimum Gasteiger partial charge on any atom is -0.380 e.